The number of benzene rings is 2. The maximum Gasteiger partial charge on any atom is 0.195 e. The number of carbonyl (C=O) groups is 1. The summed E-state index contributed by atoms with van der Waals surface area (Å²) < 4.78 is 0. The van der Waals surface area contributed by atoms with Crippen molar-refractivity contribution in [1.82, 2.24) is 4.98 Å². The lowest BCUT2D eigenvalue weighted by molar-refractivity contribution is 0.104. The maximum absolute atomic E-state index is 12.7. The Morgan fingerprint density at radius 3 is 2.38 bits per heavy atom. The van der Waals surface area contributed by atoms with Crippen LogP contribution in [0.25, 0.3) is 10.9 Å². The van der Waals surface area contributed by atoms with Gasteiger partial charge in [0.05, 0.1) is 5.52 Å². The van der Waals surface area contributed by atoms with Gasteiger partial charge in [-0.2, -0.15) is 0 Å². The van der Waals surface area contributed by atoms with Crippen LogP contribution in [0.5, 0.6) is 0 Å². The quantitative estimate of drug-likeness (QED) is 0.654. The van der Waals surface area contributed by atoms with E-state index in [1.165, 1.54) is 5.56 Å². The average molecular weight is 275 g/mol. The molecule has 3 rings (SSSR count). The van der Waals surface area contributed by atoms with Gasteiger partial charge >= 0.3 is 0 Å². The third-order valence-electron chi connectivity index (χ3n) is 3.72. The summed E-state index contributed by atoms with van der Waals surface area (Å²) in [6.07, 6.45) is 1.72. The van der Waals surface area contributed by atoms with Gasteiger partial charge < -0.3 is 0 Å². The largest absolute Gasteiger partial charge is 0.289 e. The number of carbonyl (C=O) groups excluding carboxylic acids is 1. The first-order valence-corrected chi connectivity index (χ1v) is 7.15. The van der Waals surface area contributed by atoms with E-state index >= 15 is 0 Å². The average Bonchev–Trinajstić information content (AvgIpc) is 2.53. The molecule has 0 spiro atoms. The minimum absolute atomic E-state index is 0.0228. The summed E-state index contributed by atoms with van der Waals surface area (Å²) in [6.45, 7) is 4.29. The summed E-state index contributed by atoms with van der Waals surface area (Å²) in [7, 11) is 0. The minimum atomic E-state index is 0.0228. The predicted molar refractivity (Wildman–Crippen MR) is 85.7 cm³/mol. The summed E-state index contributed by atoms with van der Waals surface area (Å²) in [5, 5.41) is 0.988. The van der Waals surface area contributed by atoms with Crippen LogP contribution in [0.2, 0.25) is 0 Å². The Kier molecular flexibility index (Phi) is 3.53. The second-order valence-corrected chi connectivity index (χ2v) is 5.49. The molecule has 0 aliphatic carbocycles. The van der Waals surface area contributed by atoms with Crippen LogP contribution in [0.15, 0.2) is 60.8 Å². The molecule has 0 amide bonds. The van der Waals surface area contributed by atoms with Gasteiger partial charge in [0.1, 0.15) is 0 Å². The summed E-state index contributed by atoms with van der Waals surface area (Å²) >= 11 is 0. The standard InChI is InChI=1S/C19H17NO/c1-13(2)14-8-10-16(11-9-14)19(21)17-7-3-5-15-6-4-12-20-18(15)17/h3-13H,1-2H3. The Labute approximate surface area is 124 Å². The van der Waals surface area contributed by atoms with Crippen LogP contribution in [0.4, 0.5) is 0 Å². The number of hydrogen-bond donors (Lipinski definition) is 0. The SMILES string of the molecule is CC(C)c1ccc(C(=O)c2cccc3cccnc23)cc1. The van der Waals surface area contributed by atoms with E-state index in [2.05, 4.69) is 18.8 Å². The molecule has 0 bridgehead atoms. The van der Waals surface area contributed by atoms with Crippen molar-refractivity contribution in [3.63, 3.8) is 0 Å². The molecule has 0 unspecified atom stereocenters. The molecule has 0 aliphatic heterocycles. The summed E-state index contributed by atoms with van der Waals surface area (Å²) in [6, 6.07) is 17.4. The molecule has 2 aromatic carbocycles. The van der Waals surface area contributed by atoms with Gasteiger partial charge in [0.25, 0.3) is 0 Å². The van der Waals surface area contributed by atoms with Crippen LogP contribution in [0, 0.1) is 0 Å². The molecule has 2 heteroatoms. The molecule has 0 atom stereocenters. The van der Waals surface area contributed by atoms with Gasteiger partial charge in [-0.3, -0.25) is 9.78 Å². The zero-order chi connectivity index (χ0) is 14.8. The van der Waals surface area contributed by atoms with Crippen LogP contribution in [-0.2, 0) is 0 Å². The molecule has 1 aromatic heterocycles. The van der Waals surface area contributed by atoms with E-state index in [4.69, 9.17) is 0 Å². The topological polar surface area (TPSA) is 30.0 Å². The molecule has 0 radical (unpaired) electrons. The molecule has 0 saturated heterocycles. The van der Waals surface area contributed by atoms with Crippen molar-refractivity contribution in [3.8, 4) is 0 Å². The molecule has 0 fully saturated rings. The molecular formula is C19H17NO. The van der Waals surface area contributed by atoms with Gasteiger partial charge in [0, 0.05) is 22.7 Å². The fourth-order valence-corrected chi connectivity index (χ4v) is 2.46. The predicted octanol–water partition coefficient (Wildman–Crippen LogP) is 4.59. The van der Waals surface area contributed by atoms with Crippen molar-refractivity contribution in [3.05, 3.63) is 77.5 Å². The fourth-order valence-electron chi connectivity index (χ4n) is 2.46. The summed E-state index contributed by atoms with van der Waals surface area (Å²) in [5.41, 5.74) is 3.36. The highest BCUT2D eigenvalue weighted by molar-refractivity contribution is 6.15. The molecule has 1 heterocycles. The Bertz CT molecular complexity index is 783. The number of hydrogen-bond acceptors (Lipinski definition) is 2. The zero-order valence-corrected chi connectivity index (χ0v) is 12.2. The molecule has 3 aromatic rings. The molecule has 104 valence electrons. The number of aromatic nitrogens is 1. The number of fused-ring (bicyclic) bond motifs is 1. The summed E-state index contributed by atoms with van der Waals surface area (Å²) in [4.78, 5) is 17.1. The van der Waals surface area contributed by atoms with Crippen LogP contribution in [0.1, 0.15) is 41.3 Å². The van der Waals surface area contributed by atoms with Crippen LogP contribution < -0.4 is 0 Å². The maximum atomic E-state index is 12.7. The Morgan fingerprint density at radius 2 is 1.67 bits per heavy atom. The van der Waals surface area contributed by atoms with Crippen LogP contribution in [0.3, 0.4) is 0 Å². The number of rotatable bonds is 3. The number of para-hydroxylation sites is 1. The normalized spacial score (nSPS) is 11.0. The molecule has 21 heavy (non-hydrogen) atoms. The smallest absolute Gasteiger partial charge is 0.195 e. The molecular weight excluding hydrogens is 258 g/mol. The van der Waals surface area contributed by atoms with Gasteiger partial charge in [-0.05, 0) is 23.6 Å². The Balaban J connectivity index is 2.04. The Morgan fingerprint density at radius 1 is 0.952 bits per heavy atom. The Hall–Kier alpha value is -2.48. The molecule has 2 nitrogen and oxygen atoms in total. The second-order valence-electron chi connectivity index (χ2n) is 5.49. The van der Waals surface area contributed by atoms with Crippen molar-refractivity contribution >= 4 is 16.7 Å². The first kappa shape index (κ1) is 13.5. The first-order valence-electron chi connectivity index (χ1n) is 7.15. The van der Waals surface area contributed by atoms with Gasteiger partial charge in [-0.15, -0.1) is 0 Å². The number of pyridine rings is 1. The van der Waals surface area contributed by atoms with Gasteiger partial charge in [0.15, 0.2) is 5.78 Å². The zero-order valence-electron chi connectivity index (χ0n) is 12.2. The van der Waals surface area contributed by atoms with E-state index < -0.39 is 0 Å². The molecule has 0 saturated carbocycles. The van der Waals surface area contributed by atoms with E-state index in [9.17, 15) is 4.79 Å². The lowest BCUT2D eigenvalue weighted by Crippen LogP contribution is -2.03. The monoisotopic (exact) mass is 275 g/mol. The lowest BCUT2D eigenvalue weighted by atomic mass is 9.97. The van der Waals surface area contributed by atoms with Crippen molar-refractivity contribution in [1.29, 1.82) is 0 Å². The van der Waals surface area contributed by atoms with Crippen molar-refractivity contribution in [2.75, 3.05) is 0 Å². The molecule has 0 N–H and O–H groups in total. The van der Waals surface area contributed by atoms with Crippen molar-refractivity contribution in [2.45, 2.75) is 19.8 Å². The van der Waals surface area contributed by atoms with E-state index in [1.54, 1.807) is 6.20 Å². The lowest BCUT2D eigenvalue weighted by Gasteiger charge is -2.08. The summed E-state index contributed by atoms with van der Waals surface area (Å²) in [5.74, 6) is 0.489. The minimum Gasteiger partial charge on any atom is -0.289 e. The van der Waals surface area contributed by atoms with Gasteiger partial charge in [-0.25, -0.2) is 0 Å². The third kappa shape index (κ3) is 2.57. The number of ketones is 1. The highest BCUT2D eigenvalue weighted by Crippen LogP contribution is 2.21. The molecule has 0 aliphatic rings. The first-order chi connectivity index (χ1) is 10.2. The van der Waals surface area contributed by atoms with Crippen molar-refractivity contribution in [2.24, 2.45) is 0 Å². The third-order valence-corrected chi connectivity index (χ3v) is 3.72. The van der Waals surface area contributed by atoms with E-state index in [0.717, 1.165) is 10.9 Å². The van der Waals surface area contributed by atoms with Gasteiger partial charge in [-0.1, -0.05) is 56.3 Å². The fraction of sp³-hybridized carbons (Fsp3) is 0.158. The van der Waals surface area contributed by atoms with E-state index in [1.807, 2.05) is 54.6 Å². The van der Waals surface area contributed by atoms with Crippen LogP contribution >= 0.6 is 0 Å². The van der Waals surface area contributed by atoms with E-state index in [0.29, 0.717) is 17.0 Å². The second kappa shape index (κ2) is 5.49. The van der Waals surface area contributed by atoms with E-state index in [-0.39, 0.29) is 5.78 Å². The van der Waals surface area contributed by atoms with Gasteiger partial charge in [0.2, 0.25) is 0 Å². The van der Waals surface area contributed by atoms with Crippen molar-refractivity contribution < 1.29 is 4.79 Å². The highest BCUT2D eigenvalue weighted by atomic mass is 16.1. The van der Waals surface area contributed by atoms with Crippen LogP contribution in [-0.4, -0.2) is 10.8 Å². The number of nitrogens with zero attached hydrogens (tertiary/aromatic N) is 1. The highest BCUT2D eigenvalue weighted by Gasteiger charge is 2.13.